The molecular weight excluding hydrogens is 148 g/mol. The second-order valence-corrected chi connectivity index (χ2v) is 4.09. The summed E-state index contributed by atoms with van der Waals surface area (Å²) in [6.07, 6.45) is 5.58. The summed E-state index contributed by atoms with van der Waals surface area (Å²) in [5.41, 5.74) is 0. The third-order valence-electron chi connectivity index (χ3n) is 3.40. The summed E-state index contributed by atoms with van der Waals surface area (Å²) < 4.78 is 0. The first-order valence-corrected chi connectivity index (χ1v) is 5.38. The number of hydrogen-bond acceptors (Lipinski definition) is 2. The van der Waals surface area contributed by atoms with E-state index in [4.69, 9.17) is 0 Å². The Bertz CT molecular complexity index is 141. The van der Waals surface area contributed by atoms with Crippen LogP contribution in [0.25, 0.3) is 0 Å². The lowest BCUT2D eigenvalue weighted by Gasteiger charge is -2.29. The molecule has 0 radical (unpaired) electrons. The van der Waals surface area contributed by atoms with Crippen molar-refractivity contribution >= 4 is 0 Å². The minimum Gasteiger partial charge on any atom is -0.315 e. The van der Waals surface area contributed by atoms with Crippen LogP contribution < -0.4 is 5.32 Å². The molecule has 2 aliphatic heterocycles. The maximum absolute atomic E-state index is 3.45. The SMILES string of the molecule is CCC1CCCN1C1CCNC1. The number of likely N-dealkylation sites (tertiary alicyclic amines) is 1. The maximum Gasteiger partial charge on any atom is 0.0235 e. The minimum absolute atomic E-state index is 0.859. The molecule has 0 spiro atoms. The molecule has 12 heavy (non-hydrogen) atoms. The molecule has 1 N–H and O–H groups in total. The van der Waals surface area contributed by atoms with E-state index < -0.39 is 0 Å². The van der Waals surface area contributed by atoms with E-state index in [-0.39, 0.29) is 0 Å². The van der Waals surface area contributed by atoms with Gasteiger partial charge in [-0.3, -0.25) is 4.90 Å². The van der Waals surface area contributed by atoms with Crippen LogP contribution in [0.3, 0.4) is 0 Å². The summed E-state index contributed by atoms with van der Waals surface area (Å²) in [5.74, 6) is 0. The van der Waals surface area contributed by atoms with Crippen LogP contribution in [0.1, 0.15) is 32.6 Å². The lowest BCUT2D eigenvalue weighted by Crippen LogP contribution is -2.39. The third-order valence-corrected chi connectivity index (χ3v) is 3.40. The van der Waals surface area contributed by atoms with E-state index in [1.165, 1.54) is 45.3 Å². The average molecular weight is 168 g/mol. The van der Waals surface area contributed by atoms with Crippen molar-refractivity contribution in [1.29, 1.82) is 0 Å². The van der Waals surface area contributed by atoms with Gasteiger partial charge in [0.25, 0.3) is 0 Å². The fraction of sp³-hybridized carbons (Fsp3) is 1.00. The third kappa shape index (κ3) is 1.50. The first kappa shape index (κ1) is 8.52. The molecule has 2 saturated heterocycles. The van der Waals surface area contributed by atoms with E-state index in [0.717, 1.165) is 12.1 Å². The molecule has 2 heterocycles. The van der Waals surface area contributed by atoms with E-state index in [1.807, 2.05) is 0 Å². The van der Waals surface area contributed by atoms with E-state index >= 15 is 0 Å². The van der Waals surface area contributed by atoms with E-state index in [9.17, 15) is 0 Å². The zero-order valence-corrected chi connectivity index (χ0v) is 8.05. The average Bonchev–Trinajstić information content (AvgIpc) is 2.74. The topological polar surface area (TPSA) is 15.3 Å². The van der Waals surface area contributed by atoms with Crippen molar-refractivity contribution in [3.8, 4) is 0 Å². The van der Waals surface area contributed by atoms with Gasteiger partial charge < -0.3 is 5.32 Å². The first-order valence-electron chi connectivity index (χ1n) is 5.38. The lowest BCUT2D eigenvalue weighted by atomic mass is 10.1. The normalized spacial score (nSPS) is 37.8. The highest BCUT2D eigenvalue weighted by Gasteiger charge is 2.30. The largest absolute Gasteiger partial charge is 0.315 e. The highest BCUT2D eigenvalue weighted by atomic mass is 15.2. The summed E-state index contributed by atoms with van der Waals surface area (Å²) in [5, 5.41) is 3.45. The van der Waals surface area contributed by atoms with E-state index in [0.29, 0.717) is 0 Å². The molecule has 0 aliphatic carbocycles. The lowest BCUT2D eigenvalue weighted by molar-refractivity contribution is 0.187. The van der Waals surface area contributed by atoms with Crippen molar-refractivity contribution in [1.82, 2.24) is 10.2 Å². The van der Waals surface area contributed by atoms with Crippen LogP contribution in [0.5, 0.6) is 0 Å². The molecule has 2 aliphatic rings. The molecule has 0 bridgehead atoms. The van der Waals surface area contributed by atoms with Crippen LogP contribution in [0.4, 0.5) is 0 Å². The van der Waals surface area contributed by atoms with Gasteiger partial charge in [0.1, 0.15) is 0 Å². The Balaban J connectivity index is 1.92. The molecule has 0 amide bonds. The molecule has 0 aromatic heterocycles. The van der Waals surface area contributed by atoms with Gasteiger partial charge in [0.2, 0.25) is 0 Å². The second kappa shape index (κ2) is 3.75. The molecule has 2 rings (SSSR count). The molecule has 0 saturated carbocycles. The van der Waals surface area contributed by atoms with E-state index in [2.05, 4.69) is 17.1 Å². The van der Waals surface area contributed by atoms with Gasteiger partial charge in [0.15, 0.2) is 0 Å². The van der Waals surface area contributed by atoms with Crippen LogP contribution in [-0.2, 0) is 0 Å². The van der Waals surface area contributed by atoms with Gasteiger partial charge in [-0.25, -0.2) is 0 Å². The first-order chi connectivity index (χ1) is 5.92. The molecule has 2 unspecified atom stereocenters. The van der Waals surface area contributed by atoms with Gasteiger partial charge >= 0.3 is 0 Å². The van der Waals surface area contributed by atoms with Gasteiger partial charge in [-0.15, -0.1) is 0 Å². The summed E-state index contributed by atoms with van der Waals surface area (Å²) in [7, 11) is 0. The monoisotopic (exact) mass is 168 g/mol. The maximum atomic E-state index is 3.45. The number of rotatable bonds is 2. The minimum atomic E-state index is 0.859. The summed E-state index contributed by atoms with van der Waals surface area (Å²) >= 11 is 0. The zero-order chi connectivity index (χ0) is 8.39. The van der Waals surface area contributed by atoms with Gasteiger partial charge in [-0.1, -0.05) is 6.92 Å². The van der Waals surface area contributed by atoms with Crippen LogP contribution in [0.15, 0.2) is 0 Å². The van der Waals surface area contributed by atoms with Gasteiger partial charge in [0, 0.05) is 18.6 Å². The van der Waals surface area contributed by atoms with Crippen molar-refractivity contribution in [2.24, 2.45) is 0 Å². The molecule has 2 nitrogen and oxygen atoms in total. The molecule has 0 aromatic rings. The van der Waals surface area contributed by atoms with Crippen molar-refractivity contribution in [2.45, 2.75) is 44.7 Å². The highest BCUT2D eigenvalue weighted by molar-refractivity contribution is 4.88. The van der Waals surface area contributed by atoms with Gasteiger partial charge in [0.05, 0.1) is 0 Å². The molecular formula is C10H20N2. The van der Waals surface area contributed by atoms with Crippen LogP contribution >= 0.6 is 0 Å². The fourth-order valence-electron chi connectivity index (χ4n) is 2.70. The van der Waals surface area contributed by atoms with Crippen molar-refractivity contribution in [2.75, 3.05) is 19.6 Å². The summed E-state index contributed by atoms with van der Waals surface area (Å²) in [4.78, 5) is 2.74. The molecule has 2 heteroatoms. The molecule has 2 fully saturated rings. The Labute approximate surface area is 75.3 Å². The van der Waals surface area contributed by atoms with Crippen molar-refractivity contribution < 1.29 is 0 Å². The quantitative estimate of drug-likeness (QED) is 0.667. The van der Waals surface area contributed by atoms with Crippen LogP contribution in [0.2, 0.25) is 0 Å². The second-order valence-electron chi connectivity index (χ2n) is 4.09. The van der Waals surface area contributed by atoms with Gasteiger partial charge in [-0.05, 0) is 38.8 Å². The Morgan fingerprint density at radius 2 is 2.33 bits per heavy atom. The van der Waals surface area contributed by atoms with Crippen LogP contribution in [0, 0.1) is 0 Å². The summed E-state index contributed by atoms with van der Waals surface area (Å²) in [6.45, 7) is 6.14. The van der Waals surface area contributed by atoms with Gasteiger partial charge in [-0.2, -0.15) is 0 Å². The predicted octanol–water partition coefficient (Wildman–Crippen LogP) is 1.22. The summed E-state index contributed by atoms with van der Waals surface area (Å²) in [6, 6.07) is 1.76. The Morgan fingerprint density at radius 3 is 3.00 bits per heavy atom. The zero-order valence-electron chi connectivity index (χ0n) is 8.05. The Morgan fingerprint density at radius 1 is 1.42 bits per heavy atom. The predicted molar refractivity (Wildman–Crippen MR) is 51.3 cm³/mol. The number of nitrogens with one attached hydrogen (secondary N) is 1. The smallest absolute Gasteiger partial charge is 0.0235 e. The number of nitrogens with zero attached hydrogens (tertiary/aromatic N) is 1. The van der Waals surface area contributed by atoms with Crippen molar-refractivity contribution in [3.63, 3.8) is 0 Å². The highest BCUT2D eigenvalue weighted by Crippen LogP contribution is 2.24. The number of hydrogen-bond donors (Lipinski definition) is 1. The molecule has 0 aromatic carbocycles. The fourth-order valence-corrected chi connectivity index (χ4v) is 2.70. The Hall–Kier alpha value is -0.0800. The molecule has 2 atom stereocenters. The van der Waals surface area contributed by atoms with Crippen molar-refractivity contribution in [3.05, 3.63) is 0 Å². The van der Waals surface area contributed by atoms with Crippen LogP contribution in [-0.4, -0.2) is 36.6 Å². The van der Waals surface area contributed by atoms with E-state index in [1.54, 1.807) is 0 Å². The Kier molecular flexibility index (Phi) is 2.66. The standard InChI is InChI=1S/C10H20N2/c1-2-9-4-3-7-12(9)10-5-6-11-8-10/h9-11H,2-8H2,1H3. The molecule has 70 valence electrons.